The number of aromatic nitrogens is 4. The van der Waals surface area contributed by atoms with Gasteiger partial charge in [-0.2, -0.15) is 5.10 Å². The summed E-state index contributed by atoms with van der Waals surface area (Å²) in [5, 5.41) is 19.1. The lowest BCUT2D eigenvalue weighted by atomic mass is 9.94. The molecule has 2 aromatic rings. The molecule has 7 nitrogen and oxygen atoms in total. The fraction of sp³-hybridized carbons (Fsp3) is 0.600. The molecule has 0 saturated carbocycles. The van der Waals surface area contributed by atoms with Crippen LogP contribution in [0.5, 0.6) is 0 Å². The SMILES string of the molecule is Cc1nnc(SCCCNC(=O)N2CCC(c3ccn[nH]3)CC2)s1. The molecule has 0 atom stereocenters. The average molecular weight is 367 g/mol. The summed E-state index contributed by atoms with van der Waals surface area (Å²) in [4.78, 5) is 14.1. The Morgan fingerprint density at radius 1 is 1.46 bits per heavy atom. The van der Waals surface area contributed by atoms with E-state index in [-0.39, 0.29) is 6.03 Å². The van der Waals surface area contributed by atoms with Crippen molar-refractivity contribution in [2.75, 3.05) is 25.4 Å². The molecule has 1 aliphatic heterocycles. The molecular weight excluding hydrogens is 344 g/mol. The van der Waals surface area contributed by atoms with Gasteiger partial charge in [0.25, 0.3) is 0 Å². The van der Waals surface area contributed by atoms with Crippen LogP contribution in [0, 0.1) is 6.92 Å². The Morgan fingerprint density at radius 3 is 2.96 bits per heavy atom. The standard InChI is InChI=1S/C15H22N6OS2/c1-11-18-20-15(24-11)23-10-2-6-16-14(22)21-8-4-12(5-9-21)13-3-7-17-19-13/h3,7,12H,2,4-6,8-10H2,1H3,(H,16,22)(H,17,19). The van der Waals surface area contributed by atoms with Crippen molar-refractivity contribution in [1.29, 1.82) is 0 Å². The van der Waals surface area contributed by atoms with E-state index in [9.17, 15) is 4.79 Å². The van der Waals surface area contributed by atoms with Gasteiger partial charge in [-0.3, -0.25) is 5.10 Å². The van der Waals surface area contributed by atoms with Gasteiger partial charge in [-0.25, -0.2) is 4.79 Å². The molecule has 3 rings (SSSR count). The molecule has 0 aromatic carbocycles. The second kappa shape index (κ2) is 8.48. The minimum atomic E-state index is 0.0508. The molecule has 2 amide bonds. The number of hydrogen-bond acceptors (Lipinski definition) is 6. The molecule has 24 heavy (non-hydrogen) atoms. The number of H-pyrrole nitrogens is 1. The Hall–Kier alpha value is -1.61. The number of amides is 2. The van der Waals surface area contributed by atoms with E-state index in [0.29, 0.717) is 12.5 Å². The number of piperidine rings is 1. The van der Waals surface area contributed by atoms with Gasteiger partial charge in [0.05, 0.1) is 0 Å². The highest BCUT2D eigenvalue weighted by Gasteiger charge is 2.24. The first kappa shape index (κ1) is 17.2. The monoisotopic (exact) mass is 366 g/mol. The molecule has 1 saturated heterocycles. The number of nitrogens with zero attached hydrogens (tertiary/aromatic N) is 4. The lowest BCUT2D eigenvalue weighted by Gasteiger charge is -2.31. The molecule has 1 fully saturated rings. The van der Waals surface area contributed by atoms with Gasteiger partial charge in [0, 0.05) is 43.2 Å². The fourth-order valence-electron chi connectivity index (χ4n) is 2.76. The van der Waals surface area contributed by atoms with E-state index in [1.807, 2.05) is 17.9 Å². The molecular formula is C15H22N6OS2. The van der Waals surface area contributed by atoms with Crippen LogP contribution >= 0.6 is 23.1 Å². The molecule has 130 valence electrons. The van der Waals surface area contributed by atoms with Crippen molar-refractivity contribution in [1.82, 2.24) is 30.6 Å². The molecule has 3 heterocycles. The Bertz CT molecular complexity index is 636. The zero-order chi connectivity index (χ0) is 16.8. The zero-order valence-corrected chi connectivity index (χ0v) is 15.3. The van der Waals surface area contributed by atoms with Crippen molar-refractivity contribution >= 4 is 29.1 Å². The molecule has 0 aliphatic carbocycles. The zero-order valence-electron chi connectivity index (χ0n) is 13.7. The quantitative estimate of drug-likeness (QED) is 0.606. The summed E-state index contributed by atoms with van der Waals surface area (Å²) in [6, 6.07) is 2.08. The van der Waals surface area contributed by atoms with Gasteiger partial charge in [-0.15, -0.1) is 10.2 Å². The second-order valence-electron chi connectivity index (χ2n) is 5.79. The first-order valence-electron chi connectivity index (χ1n) is 8.17. The first-order valence-corrected chi connectivity index (χ1v) is 9.97. The molecule has 0 spiro atoms. The third-order valence-corrected chi connectivity index (χ3v) is 6.13. The Balaban J connectivity index is 1.30. The van der Waals surface area contributed by atoms with Crippen molar-refractivity contribution in [2.45, 2.75) is 36.4 Å². The average Bonchev–Trinajstić information content (AvgIpc) is 3.26. The predicted octanol–water partition coefficient (Wildman–Crippen LogP) is 2.64. The smallest absolute Gasteiger partial charge is 0.317 e. The lowest BCUT2D eigenvalue weighted by Crippen LogP contribution is -2.44. The number of carbonyl (C=O) groups excluding carboxylic acids is 1. The van der Waals surface area contributed by atoms with E-state index >= 15 is 0 Å². The van der Waals surface area contributed by atoms with Gasteiger partial charge in [0.1, 0.15) is 5.01 Å². The molecule has 9 heteroatoms. The minimum Gasteiger partial charge on any atom is -0.338 e. The Kier molecular flexibility index (Phi) is 6.08. The van der Waals surface area contributed by atoms with E-state index in [1.165, 1.54) is 5.69 Å². The maximum absolute atomic E-state index is 12.2. The Morgan fingerprint density at radius 2 is 2.29 bits per heavy atom. The van der Waals surface area contributed by atoms with Crippen LogP contribution in [-0.2, 0) is 0 Å². The molecule has 0 unspecified atom stereocenters. The summed E-state index contributed by atoms with van der Waals surface area (Å²) in [6.45, 7) is 4.25. The predicted molar refractivity (Wildman–Crippen MR) is 95.5 cm³/mol. The summed E-state index contributed by atoms with van der Waals surface area (Å²) in [5.74, 6) is 1.43. The summed E-state index contributed by atoms with van der Waals surface area (Å²) in [7, 11) is 0. The van der Waals surface area contributed by atoms with Crippen LogP contribution in [0.2, 0.25) is 0 Å². The Labute approximate surface area is 149 Å². The topological polar surface area (TPSA) is 86.8 Å². The second-order valence-corrected chi connectivity index (χ2v) is 8.32. The van der Waals surface area contributed by atoms with Crippen LogP contribution in [0.15, 0.2) is 16.6 Å². The summed E-state index contributed by atoms with van der Waals surface area (Å²) in [5.41, 5.74) is 1.18. The first-order chi connectivity index (χ1) is 11.7. The number of rotatable bonds is 6. The van der Waals surface area contributed by atoms with Crippen LogP contribution in [-0.4, -0.2) is 56.7 Å². The van der Waals surface area contributed by atoms with Gasteiger partial charge in [-0.05, 0) is 32.3 Å². The van der Waals surface area contributed by atoms with Crippen molar-refractivity contribution < 1.29 is 4.79 Å². The van der Waals surface area contributed by atoms with Crippen molar-refractivity contribution in [3.05, 3.63) is 23.0 Å². The number of nitrogens with one attached hydrogen (secondary N) is 2. The van der Waals surface area contributed by atoms with Gasteiger partial charge in [0.2, 0.25) is 0 Å². The number of carbonyl (C=O) groups is 1. The van der Waals surface area contributed by atoms with Crippen LogP contribution in [0.3, 0.4) is 0 Å². The highest BCUT2D eigenvalue weighted by atomic mass is 32.2. The van der Waals surface area contributed by atoms with Gasteiger partial charge < -0.3 is 10.2 Å². The maximum Gasteiger partial charge on any atom is 0.317 e. The van der Waals surface area contributed by atoms with E-state index in [1.54, 1.807) is 29.3 Å². The number of thioether (sulfide) groups is 1. The number of hydrogen-bond donors (Lipinski definition) is 2. The highest BCUT2D eigenvalue weighted by Crippen LogP contribution is 2.26. The fourth-order valence-corrected chi connectivity index (χ4v) is 4.59. The van der Waals surface area contributed by atoms with Gasteiger partial charge in [-0.1, -0.05) is 23.1 Å². The van der Waals surface area contributed by atoms with Gasteiger partial charge >= 0.3 is 6.03 Å². The van der Waals surface area contributed by atoms with E-state index < -0.39 is 0 Å². The molecule has 2 N–H and O–H groups in total. The molecule has 2 aromatic heterocycles. The number of likely N-dealkylation sites (tertiary alicyclic amines) is 1. The molecule has 0 bridgehead atoms. The van der Waals surface area contributed by atoms with Crippen molar-refractivity contribution in [2.24, 2.45) is 0 Å². The van der Waals surface area contributed by atoms with Gasteiger partial charge in [0.15, 0.2) is 4.34 Å². The lowest BCUT2D eigenvalue weighted by molar-refractivity contribution is 0.181. The van der Waals surface area contributed by atoms with Crippen molar-refractivity contribution in [3.63, 3.8) is 0 Å². The van der Waals surface area contributed by atoms with E-state index in [0.717, 1.165) is 47.5 Å². The van der Waals surface area contributed by atoms with E-state index in [4.69, 9.17) is 0 Å². The summed E-state index contributed by atoms with van der Waals surface area (Å²) in [6.07, 6.45) is 4.69. The van der Waals surface area contributed by atoms with Crippen LogP contribution in [0.1, 0.15) is 35.9 Å². The maximum atomic E-state index is 12.2. The van der Waals surface area contributed by atoms with E-state index in [2.05, 4.69) is 25.7 Å². The molecule has 1 aliphatic rings. The van der Waals surface area contributed by atoms with Crippen LogP contribution < -0.4 is 5.32 Å². The normalized spacial score (nSPS) is 15.6. The summed E-state index contributed by atoms with van der Waals surface area (Å²) < 4.78 is 1.000. The van der Waals surface area contributed by atoms with Crippen molar-refractivity contribution in [3.8, 4) is 0 Å². The summed E-state index contributed by atoms with van der Waals surface area (Å²) >= 11 is 3.31. The number of urea groups is 1. The van der Waals surface area contributed by atoms with Crippen LogP contribution in [0.25, 0.3) is 0 Å². The van der Waals surface area contributed by atoms with Crippen LogP contribution in [0.4, 0.5) is 4.79 Å². The largest absolute Gasteiger partial charge is 0.338 e. The molecule has 0 radical (unpaired) electrons. The third kappa shape index (κ3) is 4.70. The number of aryl methyl sites for hydroxylation is 1. The highest BCUT2D eigenvalue weighted by molar-refractivity contribution is 8.01. The minimum absolute atomic E-state index is 0.0508. The third-order valence-electron chi connectivity index (χ3n) is 4.07. The number of aromatic amines is 1.